The quantitative estimate of drug-likeness (QED) is 0.864. The van der Waals surface area contributed by atoms with E-state index in [-0.39, 0.29) is 0 Å². The van der Waals surface area contributed by atoms with Gasteiger partial charge in [-0.1, -0.05) is 18.6 Å². The zero-order chi connectivity index (χ0) is 14.4. The highest BCUT2D eigenvalue weighted by Crippen LogP contribution is 2.25. The second-order valence-corrected chi connectivity index (χ2v) is 5.82. The van der Waals surface area contributed by atoms with Crippen molar-refractivity contribution in [3.8, 4) is 5.75 Å². The highest BCUT2D eigenvalue weighted by Gasteiger charge is 2.13. The van der Waals surface area contributed by atoms with Gasteiger partial charge in [0.1, 0.15) is 5.75 Å². The van der Waals surface area contributed by atoms with Crippen LogP contribution in [0.15, 0.2) is 18.2 Å². The van der Waals surface area contributed by atoms with Gasteiger partial charge in [-0.25, -0.2) is 0 Å². The summed E-state index contributed by atoms with van der Waals surface area (Å²) in [6, 6.07) is 6.77. The number of likely N-dealkylation sites (tertiary alicyclic amines) is 1. The van der Waals surface area contributed by atoms with Gasteiger partial charge in [0.2, 0.25) is 0 Å². The first-order valence-electron chi connectivity index (χ1n) is 7.81. The normalized spacial score (nSPS) is 17.9. The van der Waals surface area contributed by atoms with Gasteiger partial charge >= 0.3 is 0 Å². The van der Waals surface area contributed by atoms with Gasteiger partial charge in [0.25, 0.3) is 0 Å². The minimum absolute atomic E-state index is 0.329. The zero-order valence-corrected chi connectivity index (χ0v) is 13.1. The minimum atomic E-state index is 0.329. The molecule has 1 aliphatic rings. The summed E-state index contributed by atoms with van der Waals surface area (Å²) in [6.07, 6.45) is 4.13. The van der Waals surface area contributed by atoms with Crippen LogP contribution in [0, 0.1) is 6.92 Å². The van der Waals surface area contributed by atoms with Crippen molar-refractivity contribution in [2.45, 2.75) is 39.2 Å². The number of hydrogen-bond donors (Lipinski definition) is 1. The Morgan fingerprint density at radius 2 is 2.00 bits per heavy atom. The molecule has 0 aliphatic carbocycles. The first kappa shape index (κ1) is 15.3. The van der Waals surface area contributed by atoms with E-state index in [1.165, 1.54) is 43.5 Å². The van der Waals surface area contributed by atoms with E-state index in [9.17, 15) is 0 Å². The molecule has 1 aromatic carbocycles. The summed E-state index contributed by atoms with van der Waals surface area (Å²) in [5.41, 5.74) is 2.49. The number of nitrogens with one attached hydrogen (secondary N) is 1. The SMILES string of the molecule is COc1cc(C)ccc1C(C)NCCN1CCCCC1. The van der Waals surface area contributed by atoms with Crippen LogP contribution >= 0.6 is 0 Å². The van der Waals surface area contributed by atoms with E-state index in [0.29, 0.717) is 6.04 Å². The third kappa shape index (κ3) is 4.22. The number of nitrogens with zero attached hydrogens (tertiary/aromatic N) is 1. The average molecular weight is 276 g/mol. The molecule has 2 rings (SSSR count). The van der Waals surface area contributed by atoms with Crippen LogP contribution < -0.4 is 10.1 Å². The predicted octanol–water partition coefficient (Wildman–Crippen LogP) is 3.14. The molecule has 0 radical (unpaired) electrons. The average Bonchev–Trinajstić information content (AvgIpc) is 2.48. The predicted molar refractivity (Wildman–Crippen MR) is 84.4 cm³/mol. The summed E-state index contributed by atoms with van der Waals surface area (Å²) >= 11 is 0. The Balaban J connectivity index is 1.83. The van der Waals surface area contributed by atoms with Crippen molar-refractivity contribution in [2.24, 2.45) is 0 Å². The second kappa shape index (κ2) is 7.65. The molecule has 1 unspecified atom stereocenters. The molecule has 0 amide bonds. The Bertz CT molecular complexity index is 413. The molecular formula is C17H28N2O. The van der Waals surface area contributed by atoms with Crippen molar-refractivity contribution in [3.05, 3.63) is 29.3 Å². The first-order valence-corrected chi connectivity index (χ1v) is 7.81. The standard InChI is InChI=1S/C17H28N2O/c1-14-7-8-16(17(13-14)20-3)15(2)18-9-12-19-10-5-4-6-11-19/h7-8,13,15,18H,4-6,9-12H2,1-3H3. The van der Waals surface area contributed by atoms with Crippen molar-refractivity contribution in [3.63, 3.8) is 0 Å². The molecule has 1 aromatic rings. The van der Waals surface area contributed by atoms with Gasteiger partial charge in [-0.15, -0.1) is 0 Å². The van der Waals surface area contributed by atoms with E-state index in [2.05, 4.69) is 42.3 Å². The van der Waals surface area contributed by atoms with E-state index < -0.39 is 0 Å². The summed E-state index contributed by atoms with van der Waals surface area (Å²) in [4.78, 5) is 2.57. The van der Waals surface area contributed by atoms with E-state index in [1.54, 1.807) is 7.11 Å². The Kier molecular flexibility index (Phi) is 5.86. The molecule has 0 spiro atoms. The number of piperidine rings is 1. The third-order valence-electron chi connectivity index (χ3n) is 4.18. The Labute approximate surface area is 123 Å². The maximum Gasteiger partial charge on any atom is 0.123 e. The fourth-order valence-corrected chi connectivity index (χ4v) is 2.91. The highest BCUT2D eigenvalue weighted by molar-refractivity contribution is 5.38. The summed E-state index contributed by atoms with van der Waals surface area (Å²) in [5, 5.41) is 3.62. The lowest BCUT2D eigenvalue weighted by atomic mass is 10.0. The lowest BCUT2D eigenvalue weighted by Crippen LogP contribution is -2.36. The molecule has 112 valence electrons. The molecule has 0 saturated carbocycles. The van der Waals surface area contributed by atoms with Crippen molar-refractivity contribution in [1.82, 2.24) is 10.2 Å². The Hall–Kier alpha value is -1.06. The number of rotatable bonds is 6. The smallest absolute Gasteiger partial charge is 0.123 e. The monoisotopic (exact) mass is 276 g/mol. The van der Waals surface area contributed by atoms with Gasteiger partial charge < -0.3 is 15.0 Å². The van der Waals surface area contributed by atoms with Crippen LogP contribution in [-0.4, -0.2) is 38.2 Å². The fraction of sp³-hybridized carbons (Fsp3) is 0.647. The Morgan fingerprint density at radius 1 is 1.25 bits per heavy atom. The molecule has 3 heteroatoms. The molecule has 1 heterocycles. The summed E-state index contributed by atoms with van der Waals surface area (Å²) in [7, 11) is 1.75. The third-order valence-corrected chi connectivity index (χ3v) is 4.18. The van der Waals surface area contributed by atoms with Crippen molar-refractivity contribution < 1.29 is 4.74 Å². The molecule has 1 fully saturated rings. The number of ether oxygens (including phenoxy) is 1. The van der Waals surface area contributed by atoms with Crippen LogP contribution in [0.3, 0.4) is 0 Å². The van der Waals surface area contributed by atoms with Crippen molar-refractivity contribution in [2.75, 3.05) is 33.3 Å². The molecule has 0 bridgehead atoms. The van der Waals surface area contributed by atoms with E-state index in [4.69, 9.17) is 4.74 Å². The summed E-state index contributed by atoms with van der Waals surface area (Å²) < 4.78 is 5.49. The lowest BCUT2D eigenvalue weighted by Gasteiger charge is -2.27. The topological polar surface area (TPSA) is 24.5 Å². The van der Waals surface area contributed by atoms with Crippen LogP contribution in [0.4, 0.5) is 0 Å². The van der Waals surface area contributed by atoms with E-state index >= 15 is 0 Å². The number of methoxy groups -OCH3 is 1. The molecule has 1 atom stereocenters. The zero-order valence-electron chi connectivity index (χ0n) is 13.1. The van der Waals surface area contributed by atoms with E-state index in [0.717, 1.165) is 18.8 Å². The minimum Gasteiger partial charge on any atom is -0.496 e. The fourth-order valence-electron chi connectivity index (χ4n) is 2.91. The van der Waals surface area contributed by atoms with Crippen molar-refractivity contribution in [1.29, 1.82) is 0 Å². The van der Waals surface area contributed by atoms with Crippen LogP contribution in [0.2, 0.25) is 0 Å². The van der Waals surface area contributed by atoms with Gasteiger partial charge in [0.15, 0.2) is 0 Å². The van der Waals surface area contributed by atoms with Gasteiger partial charge in [-0.2, -0.15) is 0 Å². The summed E-state index contributed by atoms with van der Waals surface area (Å²) in [6.45, 7) is 9.04. The number of aryl methyl sites for hydroxylation is 1. The van der Waals surface area contributed by atoms with Gasteiger partial charge in [0.05, 0.1) is 7.11 Å². The van der Waals surface area contributed by atoms with Crippen LogP contribution in [0.25, 0.3) is 0 Å². The molecule has 1 N–H and O–H groups in total. The number of benzene rings is 1. The molecule has 20 heavy (non-hydrogen) atoms. The van der Waals surface area contributed by atoms with Crippen molar-refractivity contribution >= 4 is 0 Å². The van der Waals surface area contributed by atoms with E-state index in [1.807, 2.05) is 0 Å². The Morgan fingerprint density at radius 3 is 2.70 bits per heavy atom. The van der Waals surface area contributed by atoms with Gasteiger partial charge in [0, 0.05) is 24.7 Å². The maximum absolute atomic E-state index is 5.49. The second-order valence-electron chi connectivity index (χ2n) is 5.82. The number of hydrogen-bond acceptors (Lipinski definition) is 3. The largest absolute Gasteiger partial charge is 0.496 e. The molecular weight excluding hydrogens is 248 g/mol. The first-order chi connectivity index (χ1) is 9.70. The van der Waals surface area contributed by atoms with Crippen LogP contribution in [0.1, 0.15) is 43.4 Å². The molecule has 1 aliphatic heterocycles. The lowest BCUT2D eigenvalue weighted by molar-refractivity contribution is 0.226. The van der Waals surface area contributed by atoms with Crippen LogP contribution in [0.5, 0.6) is 5.75 Å². The maximum atomic E-state index is 5.49. The molecule has 1 saturated heterocycles. The molecule has 0 aromatic heterocycles. The van der Waals surface area contributed by atoms with Gasteiger partial charge in [-0.05, 0) is 51.4 Å². The summed E-state index contributed by atoms with van der Waals surface area (Å²) in [5.74, 6) is 0.989. The van der Waals surface area contributed by atoms with Crippen LogP contribution in [-0.2, 0) is 0 Å². The molecule has 3 nitrogen and oxygen atoms in total. The highest BCUT2D eigenvalue weighted by atomic mass is 16.5. The van der Waals surface area contributed by atoms with Gasteiger partial charge in [-0.3, -0.25) is 0 Å².